The molecule has 0 aliphatic carbocycles. The fourth-order valence-corrected chi connectivity index (χ4v) is 2.68. The van der Waals surface area contributed by atoms with Crippen LogP contribution in [0.5, 0.6) is 0 Å². The van der Waals surface area contributed by atoms with Crippen molar-refractivity contribution in [3.05, 3.63) is 29.3 Å². The van der Waals surface area contributed by atoms with Crippen LogP contribution in [0.3, 0.4) is 0 Å². The summed E-state index contributed by atoms with van der Waals surface area (Å²) in [7, 11) is 0. The van der Waals surface area contributed by atoms with Gasteiger partial charge in [0.05, 0.1) is 10.7 Å². The third-order valence-corrected chi connectivity index (χ3v) is 3.96. The second kappa shape index (κ2) is 6.26. The number of hydrogen-bond acceptors (Lipinski definition) is 2. The topological polar surface area (TPSA) is 58.4 Å². The Bertz CT molecular complexity index is 452. The van der Waals surface area contributed by atoms with Crippen LogP contribution in [0.15, 0.2) is 24.3 Å². The van der Waals surface area contributed by atoms with Gasteiger partial charge in [0, 0.05) is 19.1 Å². The standard InChI is InChI=1S/C14H20ClN3O/c1-10-6-7-18(11(8-10)9-16)14(19)17-13-5-3-2-4-12(13)15/h2-5,10-11H,6-9,16H2,1H3,(H,17,19). The van der Waals surface area contributed by atoms with E-state index in [1.165, 1.54) is 0 Å². The molecular formula is C14H20ClN3O. The maximum atomic E-state index is 12.3. The summed E-state index contributed by atoms with van der Waals surface area (Å²) in [5.41, 5.74) is 6.41. The molecule has 0 bridgehead atoms. The number of anilines is 1. The zero-order chi connectivity index (χ0) is 13.8. The molecule has 0 aromatic heterocycles. The highest BCUT2D eigenvalue weighted by atomic mass is 35.5. The molecule has 0 spiro atoms. The van der Waals surface area contributed by atoms with Crippen molar-refractivity contribution in [2.45, 2.75) is 25.8 Å². The van der Waals surface area contributed by atoms with E-state index in [1.54, 1.807) is 12.1 Å². The van der Waals surface area contributed by atoms with Gasteiger partial charge in [-0.15, -0.1) is 0 Å². The zero-order valence-corrected chi connectivity index (χ0v) is 11.9. The van der Waals surface area contributed by atoms with E-state index in [2.05, 4.69) is 12.2 Å². The average molecular weight is 282 g/mol. The van der Waals surface area contributed by atoms with Crippen molar-refractivity contribution >= 4 is 23.3 Å². The fraction of sp³-hybridized carbons (Fsp3) is 0.500. The highest BCUT2D eigenvalue weighted by Crippen LogP contribution is 2.25. The van der Waals surface area contributed by atoms with E-state index < -0.39 is 0 Å². The van der Waals surface area contributed by atoms with Gasteiger partial charge in [-0.05, 0) is 30.9 Å². The van der Waals surface area contributed by atoms with Crippen molar-refractivity contribution < 1.29 is 4.79 Å². The molecule has 2 amide bonds. The Hall–Kier alpha value is -1.26. The highest BCUT2D eigenvalue weighted by Gasteiger charge is 2.29. The first kappa shape index (κ1) is 14.2. The van der Waals surface area contributed by atoms with Crippen LogP contribution in [0.2, 0.25) is 5.02 Å². The van der Waals surface area contributed by atoms with E-state index in [4.69, 9.17) is 17.3 Å². The minimum atomic E-state index is -0.115. The number of rotatable bonds is 2. The molecule has 5 heteroatoms. The van der Waals surface area contributed by atoms with Crippen LogP contribution in [0.4, 0.5) is 10.5 Å². The number of likely N-dealkylation sites (tertiary alicyclic amines) is 1. The number of carbonyl (C=O) groups excluding carboxylic acids is 1. The van der Waals surface area contributed by atoms with Gasteiger partial charge < -0.3 is 16.0 Å². The molecule has 0 radical (unpaired) electrons. The summed E-state index contributed by atoms with van der Waals surface area (Å²) in [5, 5.41) is 3.41. The van der Waals surface area contributed by atoms with Crippen LogP contribution >= 0.6 is 11.6 Å². The molecule has 19 heavy (non-hydrogen) atoms. The van der Waals surface area contributed by atoms with E-state index in [0.29, 0.717) is 23.2 Å². The van der Waals surface area contributed by atoms with Gasteiger partial charge >= 0.3 is 6.03 Å². The molecule has 1 aliphatic heterocycles. The molecule has 1 aromatic carbocycles. The van der Waals surface area contributed by atoms with Crippen LogP contribution in [0.25, 0.3) is 0 Å². The molecule has 1 saturated heterocycles. The number of piperidine rings is 1. The maximum absolute atomic E-state index is 12.3. The van der Waals surface area contributed by atoms with E-state index in [1.807, 2.05) is 17.0 Å². The molecule has 3 N–H and O–H groups in total. The lowest BCUT2D eigenvalue weighted by atomic mass is 9.93. The summed E-state index contributed by atoms with van der Waals surface area (Å²) in [6, 6.07) is 7.24. The summed E-state index contributed by atoms with van der Waals surface area (Å²) < 4.78 is 0. The Balaban J connectivity index is 2.05. The third kappa shape index (κ3) is 3.39. The number of carbonyl (C=O) groups is 1. The van der Waals surface area contributed by atoms with Crippen molar-refractivity contribution in [1.82, 2.24) is 4.90 Å². The van der Waals surface area contributed by atoms with Gasteiger partial charge in [-0.25, -0.2) is 4.79 Å². The normalized spacial score (nSPS) is 23.2. The number of urea groups is 1. The Morgan fingerprint density at radius 3 is 2.95 bits per heavy atom. The van der Waals surface area contributed by atoms with Crippen molar-refractivity contribution in [3.63, 3.8) is 0 Å². The number of nitrogens with zero attached hydrogens (tertiary/aromatic N) is 1. The SMILES string of the molecule is CC1CCN(C(=O)Nc2ccccc2Cl)C(CN)C1. The minimum Gasteiger partial charge on any atom is -0.328 e. The first-order valence-electron chi connectivity index (χ1n) is 6.64. The molecule has 1 aromatic rings. The van der Waals surface area contributed by atoms with Crippen LogP contribution in [0, 0.1) is 5.92 Å². The lowest BCUT2D eigenvalue weighted by Crippen LogP contribution is -2.50. The zero-order valence-electron chi connectivity index (χ0n) is 11.1. The Morgan fingerprint density at radius 1 is 1.53 bits per heavy atom. The third-order valence-electron chi connectivity index (χ3n) is 3.63. The maximum Gasteiger partial charge on any atom is 0.322 e. The Kier molecular flexibility index (Phi) is 4.66. The number of hydrogen-bond donors (Lipinski definition) is 2. The molecule has 4 nitrogen and oxygen atoms in total. The van der Waals surface area contributed by atoms with Crippen LogP contribution in [0.1, 0.15) is 19.8 Å². The van der Waals surface area contributed by atoms with Gasteiger partial charge in [-0.3, -0.25) is 0 Å². The smallest absolute Gasteiger partial charge is 0.322 e. The van der Waals surface area contributed by atoms with Gasteiger partial charge in [-0.1, -0.05) is 30.7 Å². The second-order valence-electron chi connectivity index (χ2n) is 5.12. The number of nitrogens with two attached hydrogens (primary N) is 1. The van der Waals surface area contributed by atoms with Crippen molar-refractivity contribution in [1.29, 1.82) is 0 Å². The predicted octanol–water partition coefficient (Wildman–Crippen LogP) is 2.93. The summed E-state index contributed by atoms with van der Waals surface area (Å²) in [6.45, 7) is 3.45. The van der Waals surface area contributed by atoms with Crippen LogP contribution < -0.4 is 11.1 Å². The molecule has 2 unspecified atom stereocenters. The predicted molar refractivity (Wildman–Crippen MR) is 78.4 cm³/mol. The lowest BCUT2D eigenvalue weighted by molar-refractivity contribution is 0.145. The lowest BCUT2D eigenvalue weighted by Gasteiger charge is -2.37. The first-order valence-corrected chi connectivity index (χ1v) is 7.02. The molecule has 2 atom stereocenters. The van der Waals surface area contributed by atoms with Gasteiger partial charge in [0.15, 0.2) is 0 Å². The molecule has 0 saturated carbocycles. The quantitative estimate of drug-likeness (QED) is 0.876. The van der Waals surface area contributed by atoms with E-state index >= 15 is 0 Å². The van der Waals surface area contributed by atoms with E-state index in [9.17, 15) is 4.79 Å². The number of para-hydroxylation sites is 1. The van der Waals surface area contributed by atoms with E-state index in [-0.39, 0.29) is 12.1 Å². The van der Waals surface area contributed by atoms with Crippen molar-refractivity contribution in [3.8, 4) is 0 Å². The van der Waals surface area contributed by atoms with Crippen molar-refractivity contribution in [2.75, 3.05) is 18.4 Å². The average Bonchev–Trinajstić information content (AvgIpc) is 2.41. The highest BCUT2D eigenvalue weighted by molar-refractivity contribution is 6.33. The monoisotopic (exact) mass is 281 g/mol. The van der Waals surface area contributed by atoms with Crippen LogP contribution in [-0.4, -0.2) is 30.1 Å². The largest absolute Gasteiger partial charge is 0.328 e. The first-order chi connectivity index (χ1) is 9.11. The van der Waals surface area contributed by atoms with Gasteiger partial charge in [0.25, 0.3) is 0 Å². The Morgan fingerprint density at radius 2 is 2.26 bits per heavy atom. The molecule has 2 rings (SSSR count). The van der Waals surface area contributed by atoms with E-state index in [0.717, 1.165) is 19.4 Å². The fourth-order valence-electron chi connectivity index (χ4n) is 2.49. The molecular weight excluding hydrogens is 262 g/mol. The summed E-state index contributed by atoms with van der Waals surface area (Å²) in [5.74, 6) is 0.623. The number of halogens is 1. The van der Waals surface area contributed by atoms with Crippen LogP contribution in [-0.2, 0) is 0 Å². The molecule has 1 heterocycles. The molecule has 1 fully saturated rings. The molecule has 1 aliphatic rings. The van der Waals surface area contributed by atoms with Gasteiger partial charge in [-0.2, -0.15) is 0 Å². The minimum absolute atomic E-state index is 0.115. The Labute approximate surface area is 118 Å². The summed E-state index contributed by atoms with van der Waals surface area (Å²) in [6.07, 6.45) is 1.99. The summed E-state index contributed by atoms with van der Waals surface area (Å²) >= 11 is 6.04. The van der Waals surface area contributed by atoms with Crippen molar-refractivity contribution in [2.24, 2.45) is 11.7 Å². The number of benzene rings is 1. The number of amides is 2. The number of nitrogens with one attached hydrogen (secondary N) is 1. The van der Waals surface area contributed by atoms with Gasteiger partial charge in [0.2, 0.25) is 0 Å². The molecule has 104 valence electrons. The van der Waals surface area contributed by atoms with Gasteiger partial charge in [0.1, 0.15) is 0 Å². The second-order valence-corrected chi connectivity index (χ2v) is 5.53. The summed E-state index contributed by atoms with van der Waals surface area (Å²) in [4.78, 5) is 14.1.